The second kappa shape index (κ2) is 5.38. The SMILES string of the molecule is Oc1ccc(CNc2cc(Br)cnc2Cl)cc1. The Kier molecular flexibility index (Phi) is 3.86. The third-order valence-electron chi connectivity index (χ3n) is 2.23. The summed E-state index contributed by atoms with van der Waals surface area (Å²) in [4.78, 5) is 4.02. The average Bonchev–Trinajstić information content (AvgIpc) is 2.32. The van der Waals surface area contributed by atoms with Gasteiger partial charge in [-0.1, -0.05) is 23.7 Å². The highest BCUT2D eigenvalue weighted by Gasteiger charge is 2.02. The number of aromatic nitrogens is 1. The molecule has 0 fully saturated rings. The Morgan fingerprint density at radius 3 is 2.71 bits per heavy atom. The molecule has 2 aromatic rings. The highest BCUT2D eigenvalue weighted by atomic mass is 79.9. The van der Waals surface area contributed by atoms with Gasteiger partial charge in [0.15, 0.2) is 5.15 Å². The van der Waals surface area contributed by atoms with E-state index < -0.39 is 0 Å². The summed E-state index contributed by atoms with van der Waals surface area (Å²) >= 11 is 9.29. The molecule has 1 heterocycles. The minimum Gasteiger partial charge on any atom is -0.508 e. The van der Waals surface area contributed by atoms with Gasteiger partial charge in [0.25, 0.3) is 0 Å². The van der Waals surface area contributed by atoms with Gasteiger partial charge < -0.3 is 10.4 Å². The standard InChI is InChI=1S/C12H10BrClN2O/c13-9-5-11(12(14)16-7-9)15-6-8-1-3-10(17)4-2-8/h1-5,7,15,17H,6H2. The number of hydrogen-bond acceptors (Lipinski definition) is 3. The first-order chi connectivity index (χ1) is 8.15. The zero-order chi connectivity index (χ0) is 12.3. The van der Waals surface area contributed by atoms with Gasteiger partial charge in [0.2, 0.25) is 0 Å². The van der Waals surface area contributed by atoms with E-state index in [1.54, 1.807) is 18.3 Å². The number of pyridine rings is 1. The van der Waals surface area contributed by atoms with Crippen molar-refractivity contribution in [2.75, 3.05) is 5.32 Å². The van der Waals surface area contributed by atoms with Gasteiger partial charge in [-0.3, -0.25) is 0 Å². The van der Waals surface area contributed by atoms with Crippen LogP contribution < -0.4 is 5.32 Å². The van der Waals surface area contributed by atoms with Crippen molar-refractivity contribution < 1.29 is 5.11 Å². The van der Waals surface area contributed by atoms with Gasteiger partial charge >= 0.3 is 0 Å². The Morgan fingerprint density at radius 2 is 2.00 bits per heavy atom. The maximum atomic E-state index is 9.16. The van der Waals surface area contributed by atoms with Crippen LogP contribution in [0.25, 0.3) is 0 Å². The number of nitrogens with zero attached hydrogens (tertiary/aromatic N) is 1. The van der Waals surface area contributed by atoms with E-state index in [-0.39, 0.29) is 5.75 Å². The maximum Gasteiger partial charge on any atom is 0.152 e. The number of aromatic hydroxyl groups is 1. The van der Waals surface area contributed by atoms with Gasteiger partial charge in [-0.15, -0.1) is 0 Å². The van der Waals surface area contributed by atoms with Gasteiger partial charge in [-0.25, -0.2) is 4.98 Å². The first kappa shape index (κ1) is 12.2. The molecule has 2 rings (SSSR count). The fourth-order valence-electron chi connectivity index (χ4n) is 1.36. The zero-order valence-electron chi connectivity index (χ0n) is 8.82. The van der Waals surface area contributed by atoms with Gasteiger partial charge in [0, 0.05) is 17.2 Å². The number of halogens is 2. The van der Waals surface area contributed by atoms with Crippen molar-refractivity contribution in [2.24, 2.45) is 0 Å². The molecule has 0 radical (unpaired) electrons. The lowest BCUT2D eigenvalue weighted by atomic mass is 10.2. The summed E-state index contributed by atoms with van der Waals surface area (Å²) in [5, 5.41) is 12.8. The molecule has 1 aromatic carbocycles. The Hall–Kier alpha value is -1.26. The molecule has 0 atom stereocenters. The van der Waals surface area contributed by atoms with E-state index >= 15 is 0 Å². The first-order valence-electron chi connectivity index (χ1n) is 4.98. The third-order valence-corrected chi connectivity index (χ3v) is 2.96. The van der Waals surface area contributed by atoms with Gasteiger partial charge in [-0.2, -0.15) is 0 Å². The van der Waals surface area contributed by atoms with Gasteiger partial charge in [0.05, 0.1) is 5.69 Å². The molecule has 5 heteroatoms. The van der Waals surface area contributed by atoms with Crippen LogP contribution in [0.2, 0.25) is 5.15 Å². The lowest BCUT2D eigenvalue weighted by molar-refractivity contribution is 0.475. The van der Waals surface area contributed by atoms with Crippen molar-refractivity contribution >= 4 is 33.2 Å². The molecule has 0 bridgehead atoms. The molecule has 88 valence electrons. The Morgan fingerprint density at radius 1 is 1.29 bits per heavy atom. The van der Waals surface area contributed by atoms with Crippen molar-refractivity contribution in [3.63, 3.8) is 0 Å². The van der Waals surface area contributed by atoms with Crippen molar-refractivity contribution in [1.82, 2.24) is 4.98 Å². The summed E-state index contributed by atoms with van der Waals surface area (Å²) in [5.74, 6) is 0.260. The van der Waals surface area contributed by atoms with Gasteiger partial charge in [0.1, 0.15) is 5.75 Å². The van der Waals surface area contributed by atoms with E-state index in [1.807, 2.05) is 18.2 Å². The number of rotatable bonds is 3. The number of benzene rings is 1. The lowest BCUT2D eigenvalue weighted by Gasteiger charge is -2.08. The maximum absolute atomic E-state index is 9.16. The molecule has 0 aliphatic carbocycles. The fourth-order valence-corrected chi connectivity index (χ4v) is 1.86. The van der Waals surface area contributed by atoms with Crippen LogP contribution in [-0.4, -0.2) is 10.1 Å². The molecule has 0 saturated heterocycles. The van der Waals surface area contributed by atoms with Crippen molar-refractivity contribution in [3.8, 4) is 5.75 Å². The fraction of sp³-hybridized carbons (Fsp3) is 0.0833. The van der Waals surface area contributed by atoms with Crippen molar-refractivity contribution in [3.05, 3.63) is 51.7 Å². The largest absolute Gasteiger partial charge is 0.508 e. The molecule has 0 amide bonds. The van der Waals surface area contributed by atoms with E-state index in [9.17, 15) is 0 Å². The number of nitrogens with one attached hydrogen (secondary N) is 1. The second-order valence-electron chi connectivity index (χ2n) is 3.51. The summed E-state index contributed by atoms with van der Waals surface area (Å²) < 4.78 is 0.870. The van der Waals surface area contributed by atoms with Crippen LogP contribution in [-0.2, 0) is 6.54 Å². The minimum atomic E-state index is 0.260. The summed E-state index contributed by atoms with van der Waals surface area (Å²) in [7, 11) is 0. The van der Waals surface area contributed by atoms with Crippen LogP contribution in [0.3, 0.4) is 0 Å². The van der Waals surface area contributed by atoms with Crippen LogP contribution >= 0.6 is 27.5 Å². The summed E-state index contributed by atoms with van der Waals surface area (Å²) in [6, 6.07) is 8.87. The number of hydrogen-bond donors (Lipinski definition) is 2. The molecular formula is C12H10BrClN2O. The molecule has 0 aliphatic rings. The van der Waals surface area contributed by atoms with Crippen molar-refractivity contribution in [2.45, 2.75) is 6.54 Å². The Bertz CT molecular complexity index is 516. The molecule has 0 aliphatic heterocycles. The molecule has 0 unspecified atom stereocenters. The molecule has 1 aromatic heterocycles. The number of phenolic OH excluding ortho intramolecular Hbond substituents is 1. The molecule has 0 saturated carbocycles. The van der Waals surface area contributed by atoms with E-state index in [0.717, 1.165) is 15.7 Å². The van der Waals surface area contributed by atoms with Crippen molar-refractivity contribution in [1.29, 1.82) is 0 Å². The summed E-state index contributed by atoms with van der Waals surface area (Å²) in [6.45, 7) is 0.623. The van der Waals surface area contributed by atoms with Crippen LogP contribution in [0, 0.1) is 0 Å². The molecular weight excluding hydrogens is 304 g/mol. The Balaban J connectivity index is 2.07. The highest BCUT2D eigenvalue weighted by Crippen LogP contribution is 2.23. The molecule has 3 nitrogen and oxygen atoms in total. The van der Waals surface area contributed by atoms with E-state index in [2.05, 4.69) is 26.2 Å². The average molecular weight is 314 g/mol. The van der Waals surface area contributed by atoms with E-state index in [4.69, 9.17) is 16.7 Å². The predicted octanol–water partition coefficient (Wildman–Crippen LogP) is 3.82. The molecule has 0 spiro atoms. The second-order valence-corrected chi connectivity index (χ2v) is 4.79. The summed E-state index contributed by atoms with van der Waals surface area (Å²) in [5.41, 5.74) is 1.83. The van der Waals surface area contributed by atoms with Crippen LogP contribution in [0.4, 0.5) is 5.69 Å². The number of anilines is 1. The summed E-state index contributed by atoms with van der Waals surface area (Å²) in [6.07, 6.45) is 1.65. The lowest BCUT2D eigenvalue weighted by Crippen LogP contribution is -2.00. The van der Waals surface area contributed by atoms with E-state index in [0.29, 0.717) is 11.7 Å². The minimum absolute atomic E-state index is 0.260. The predicted molar refractivity (Wildman–Crippen MR) is 72.4 cm³/mol. The molecule has 17 heavy (non-hydrogen) atoms. The van der Waals surface area contributed by atoms with Crippen LogP contribution in [0.1, 0.15) is 5.56 Å². The third kappa shape index (κ3) is 3.35. The highest BCUT2D eigenvalue weighted by molar-refractivity contribution is 9.10. The van der Waals surface area contributed by atoms with Crippen LogP contribution in [0.5, 0.6) is 5.75 Å². The smallest absolute Gasteiger partial charge is 0.152 e. The molecule has 2 N–H and O–H groups in total. The van der Waals surface area contributed by atoms with Gasteiger partial charge in [-0.05, 0) is 39.7 Å². The Labute approximate surface area is 113 Å². The monoisotopic (exact) mass is 312 g/mol. The van der Waals surface area contributed by atoms with E-state index in [1.165, 1.54) is 0 Å². The topological polar surface area (TPSA) is 45.1 Å². The normalized spacial score (nSPS) is 10.2. The van der Waals surface area contributed by atoms with Crippen LogP contribution in [0.15, 0.2) is 41.0 Å². The quantitative estimate of drug-likeness (QED) is 0.847. The first-order valence-corrected chi connectivity index (χ1v) is 6.15. The zero-order valence-corrected chi connectivity index (χ0v) is 11.2. The number of phenols is 1.